The zero-order valence-corrected chi connectivity index (χ0v) is 9.83. The van der Waals surface area contributed by atoms with Crippen LogP contribution in [0, 0.1) is 11.3 Å². The third-order valence-electron chi connectivity index (χ3n) is 2.18. The van der Waals surface area contributed by atoms with E-state index in [1.54, 1.807) is 12.1 Å². The number of carbonyl (C=O) groups is 1. The summed E-state index contributed by atoms with van der Waals surface area (Å²) in [5.41, 5.74) is 0.284. The van der Waals surface area contributed by atoms with Gasteiger partial charge in [0, 0.05) is 6.42 Å². The number of rotatable bonds is 5. The number of hydrogen-bond donors (Lipinski definition) is 1. The van der Waals surface area contributed by atoms with E-state index in [-0.39, 0.29) is 30.7 Å². The van der Waals surface area contributed by atoms with Crippen molar-refractivity contribution in [2.75, 3.05) is 6.54 Å². The Balaban J connectivity index is 2.63. The number of carbonyl (C=O) groups excluding carboxylic acids is 1. The second-order valence-electron chi connectivity index (χ2n) is 3.59. The Labute approximate surface area is 107 Å². The number of alkyl halides is 3. The molecule has 0 radical (unpaired) electrons. The molecule has 0 fully saturated rings. The van der Waals surface area contributed by atoms with Gasteiger partial charge in [0.2, 0.25) is 5.91 Å². The molecule has 0 saturated carbocycles. The van der Waals surface area contributed by atoms with Crippen LogP contribution in [0.5, 0.6) is 5.75 Å². The van der Waals surface area contributed by atoms with E-state index < -0.39 is 12.3 Å². The van der Waals surface area contributed by atoms with Gasteiger partial charge in [-0.15, -0.1) is 13.2 Å². The van der Waals surface area contributed by atoms with Crippen molar-refractivity contribution in [3.8, 4) is 11.8 Å². The lowest BCUT2D eigenvalue weighted by atomic mass is 10.1. The second kappa shape index (κ2) is 6.64. The number of para-hydroxylation sites is 1. The van der Waals surface area contributed by atoms with Crippen LogP contribution >= 0.6 is 0 Å². The Bertz CT molecular complexity index is 481. The first kappa shape index (κ1) is 14.8. The molecule has 0 aliphatic carbocycles. The Morgan fingerprint density at radius 2 is 2.05 bits per heavy atom. The van der Waals surface area contributed by atoms with Crippen molar-refractivity contribution in [1.29, 1.82) is 5.26 Å². The lowest BCUT2D eigenvalue weighted by molar-refractivity contribution is -0.274. The first-order chi connectivity index (χ1) is 8.92. The molecule has 102 valence electrons. The number of benzene rings is 1. The number of hydrogen-bond acceptors (Lipinski definition) is 3. The molecule has 0 unspecified atom stereocenters. The summed E-state index contributed by atoms with van der Waals surface area (Å²) in [5.74, 6) is -0.716. The van der Waals surface area contributed by atoms with Gasteiger partial charge in [-0.3, -0.25) is 4.79 Å². The normalized spacial score (nSPS) is 10.6. The SMILES string of the molecule is N#CCNC(=O)CCc1ccccc1OC(F)(F)F. The summed E-state index contributed by atoms with van der Waals surface area (Å²) in [7, 11) is 0. The fraction of sp³-hybridized carbons (Fsp3) is 0.333. The molecule has 0 atom stereocenters. The monoisotopic (exact) mass is 272 g/mol. The summed E-state index contributed by atoms with van der Waals surface area (Å²) in [6.45, 7) is -0.125. The van der Waals surface area contributed by atoms with E-state index in [2.05, 4.69) is 10.1 Å². The minimum Gasteiger partial charge on any atom is -0.406 e. The van der Waals surface area contributed by atoms with Crippen LogP contribution in [0.2, 0.25) is 0 Å². The highest BCUT2D eigenvalue weighted by atomic mass is 19.4. The van der Waals surface area contributed by atoms with E-state index in [0.717, 1.165) is 0 Å². The fourth-order valence-electron chi connectivity index (χ4n) is 1.41. The van der Waals surface area contributed by atoms with Gasteiger partial charge in [-0.2, -0.15) is 5.26 Å². The molecule has 7 heteroatoms. The molecule has 0 spiro atoms. The summed E-state index contributed by atoms with van der Waals surface area (Å²) >= 11 is 0. The second-order valence-corrected chi connectivity index (χ2v) is 3.59. The smallest absolute Gasteiger partial charge is 0.406 e. The zero-order valence-electron chi connectivity index (χ0n) is 9.83. The number of nitrogens with zero attached hydrogens (tertiary/aromatic N) is 1. The Morgan fingerprint density at radius 1 is 1.37 bits per heavy atom. The average Bonchev–Trinajstić information content (AvgIpc) is 2.33. The average molecular weight is 272 g/mol. The van der Waals surface area contributed by atoms with Gasteiger partial charge in [-0.1, -0.05) is 18.2 Å². The van der Waals surface area contributed by atoms with Gasteiger partial charge in [0.15, 0.2) is 0 Å². The van der Waals surface area contributed by atoms with E-state index in [1.165, 1.54) is 18.2 Å². The molecule has 4 nitrogen and oxygen atoms in total. The highest BCUT2D eigenvalue weighted by Crippen LogP contribution is 2.26. The van der Waals surface area contributed by atoms with Gasteiger partial charge in [-0.05, 0) is 18.1 Å². The summed E-state index contributed by atoms with van der Waals surface area (Å²) in [5, 5.41) is 10.6. The molecular formula is C12H11F3N2O2. The van der Waals surface area contributed by atoms with Crippen LogP contribution in [0.15, 0.2) is 24.3 Å². The molecule has 1 N–H and O–H groups in total. The van der Waals surface area contributed by atoms with Crippen LogP contribution in [0.25, 0.3) is 0 Å². The number of nitrogens with one attached hydrogen (secondary N) is 1. The number of nitriles is 1. The summed E-state index contributed by atoms with van der Waals surface area (Å²) in [6, 6.07) is 7.36. The van der Waals surface area contributed by atoms with Crippen molar-refractivity contribution in [3.05, 3.63) is 29.8 Å². The van der Waals surface area contributed by atoms with Crippen molar-refractivity contribution in [2.24, 2.45) is 0 Å². The van der Waals surface area contributed by atoms with Crippen LogP contribution in [0.3, 0.4) is 0 Å². The number of amides is 1. The van der Waals surface area contributed by atoms with Crippen LogP contribution in [-0.4, -0.2) is 18.8 Å². The first-order valence-corrected chi connectivity index (χ1v) is 5.39. The molecule has 0 aliphatic heterocycles. The maximum Gasteiger partial charge on any atom is 0.573 e. The van der Waals surface area contributed by atoms with Crippen molar-refractivity contribution < 1.29 is 22.7 Å². The molecule has 1 rings (SSSR count). The number of aryl methyl sites for hydroxylation is 1. The van der Waals surface area contributed by atoms with Gasteiger partial charge in [-0.25, -0.2) is 0 Å². The number of ether oxygens (including phenoxy) is 1. The summed E-state index contributed by atoms with van der Waals surface area (Å²) in [6.07, 6.45) is -4.68. The standard InChI is InChI=1S/C12H11F3N2O2/c13-12(14,15)19-10-4-2-1-3-9(10)5-6-11(18)17-8-7-16/h1-4H,5-6,8H2,(H,17,18). The van der Waals surface area contributed by atoms with E-state index in [0.29, 0.717) is 0 Å². The third-order valence-corrected chi connectivity index (χ3v) is 2.18. The Hall–Kier alpha value is -2.23. The maximum absolute atomic E-state index is 12.1. The van der Waals surface area contributed by atoms with Gasteiger partial charge in [0.25, 0.3) is 0 Å². The maximum atomic E-state index is 12.1. The fourth-order valence-corrected chi connectivity index (χ4v) is 1.41. The van der Waals surface area contributed by atoms with E-state index >= 15 is 0 Å². The first-order valence-electron chi connectivity index (χ1n) is 5.39. The molecule has 0 aliphatic rings. The molecule has 0 heterocycles. The van der Waals surface area contributed by atoms with E-state index in [1.807, 2.05) is 0 Å². The minimum absolute atomic E-state index is 0.0140. The Kier molecular flexibility index (Phi) is 5.18. The summed E-state index contributed by atoms with van der Waals surface area (Å²) in [4.78, 5) is 11.2. The molecule has 1 aromatic rings. The van der Waals surface area contributed by atoms with Crippen LogP contribution in [0.1, 0.15) is 12.0 Å². The van der Waals surface area contributed by atoms with Crippen LogP contribution in [0.4, 0.5) is 13.2 Å². The van der Waals surface area contributed by atoms with E-state index in [9.17, 15) is 18.0 Å². The molecule has 0 bridgehead atoms. The largest absolute Gasteiger partial charge is 0.573 e. The Morgan fingerprint density at radius 3 is 2.68 bits per heavy atom. The summed E-state index contributed by atoms with van der Waals surface area (Å²) < 4.78 is 40.3. The van der Waals surface area contributed by atoms with Gasteiger partial charge in [0.1, 0.15) is 12.3 Å². The quantitative estimate of drug-likeness (QED) is 0.835. The van der Waals surface area contributed by atoms with Crippen molar-refractivity contribution in [1.82, 2.24) is 5.32 Å². The van der Waals surface area contributed by atoms with Gasteiger partial charge >= 0.3 is 6.36 Å². The lowest BCUT2D eigenvalue weighted by Gasteiger charge is -2.12. The predicted octanol–water partition coefficient (Wildman–Crippen LogP) is 2.16. The van der Waals surface area contributed by atoms with E-state index in [4.69, 9.17) is 5.26 Å². The molecule has 19 heavy (non-hydrogen) atoms. The van der Waals surface area contributed by atoms with Crippen molar-refractivity contribution >= 4 is 5.91 Å². The zero-order chi connectivity index (χ0) is 14.3. The third kappa shape index (κ3) is 5.77. The molecule has 0 saturated heterocycles. The highest BCUT2D eigenvalue weighted by Gasteiger charge is 2.31. The minimum atomic E-state index is -4.76. The predicted molar refractivity (Wildman–Crippen MR) is 60.1 cm³/mol. The van der Waals surface area contributed by atoms with Crippen molar-refractivity contribution in [2.45, 2.75) is 19.2 Å². The topological polar surface area (TPSA) is 62.1 Å². The molecule has 0 aromatic heterocycles. The van der Waals surface area contributed by atoms with Crippen LogP contribution < -0.4 is 10.1 Å². The number of halogens is 3. The van der Waals surface area contributed by atoms with Crippen molar-refractivity contribution in [3.63, 3.8) is 0 Å². The van der Waals surface area contributed by atoms with Crippen LogP contribution in [-0.2, 0) is 11.2 Å². The molecular weight excluding hydrogens is 261 g/mol. The molecule has 1 aromatic carbocycles. The highest BCUT2D eigenvalue weighted by molar-refractivity contribution is 5.76. The van der Waals surface area contributed by atoms with Gasteiger partial charge < -0.3 is 10.1 Å². The van der Waals surface area contributed by atoms with Gasteiger partial charge in [0.05, 0.1) is 6.07 Å². The molecule has 1 amide bonds. The lowest BCUT2D eigenvalue weighted by Crippen LogP contribution is -2.24.